The molecule has 1 aromatic carbocycles. The third kappa shape index (κ3) is 6.24. The van der Waals surface area contributed by atoms with E-state index < -0.39 is 0 Å². The molecule has 6 heteroatoms. The highest BCUT2D eigenvalue weighted by Gasteiger charge is 2.10. The molecule has 1 fully saturated rings. The van der Waals surface area contributed by atoms with Crippen LogP contribution in [0, 0.1) is 0 Å². The van der Waals surface area contributed by atoms with Crippen molar-refractivity contribution in [3.8, 4) is 0 Å². The lowest BCUT2D eigenvalue weighted by atomic mass is 10.2. The van der Waals surface area contributed by atoms with E-state index in [4.69, 9.17) is 0 Å². The van der Waals surface area contributed by atoms with E-state index in [9.17, 15) is 0 Å². The van der Waals surface area contributed by atoms with Gasteiger partial charge >= 0.3 is 0 Å². The van der Waals surface area contributed by atoms with Crippen LogP contribution in [-0.4, -0.2) is 43.6 Å². The van der Waals surface area contributed by atoms with E-state index in [1.54, 1.807) is 0 Å². The first-order chi connectivity index (χ1) is 10.3. The Bertz CT molecular complexity index is 436. The first-order valence-electron chi connectivity index (χ1n) is 7.77. The number of anilines is 1. The Kier molecular flexibility index (Phi) is 9.70. The molecule has 0 radical (unpaired) electrons. The van der Waals surface area contributed by atoms with Crippen molar-refractivity contribution >= 4 is 47.4 Å². The van der Waals surface area contributed by atoms with Gasteiger partial charge in [-0.15, -0.1) is 24.0 Å². The fraction of sp³-hybridized carbons (Fsp3) is 0.562. The van der Waals surface area contributed by atoms with Gasteiger partial charge in [0.05, 0.1) is 6.54 Å². The summed E-state index contributed by atoms with van der Waals surface area (Å²) in [7, 11) is 0. The summed E-state index contributed by atoms with van der Waals surface area (Å²) in [4.78, 5) is 7.06. The average molecular weight is 434 g/mol. The Balaban J connectivity index is 0.00000242. The summed E-state index contributed by atoms with van der Waals surface area (Å²) in [6.07, 6.45) is 0. The summed E-state index contributed by atoms with van der Waals surface area (Å²) in [6.45, 7) is 8.97. The molecule has 0 amide bonds. The first-order valence-corrected chi connectivity index (χ1v) is 8.92. The van der Waals surface area contributed by atoms with Gasteiger partial charge in [-0.3, -0.25) is 0 Å². The standard InChI is InChI=1S/C16H26N4S.HI/c1-3-17-16(18-4-2)19-13-14-5-7-15(8-6-14)20-9-11-21-12-10-20;/h5-8H,3-4,9-13H2,1-2H3,(H2,17,18,19);1H. The smallest absolute Gasteiger partial charge is 0.191 e. The molecule has 2 N–H and O–H groups in total. The molecule has 22 heavy (non-hydrogen) atoms. The maximum Gasteiger partial charge on any atom is 0.191 e. The summed E-state index contributed by atoms with van der Waals surface area (Å²) < 4.78 is 0. The largest absolute Gasteiger partial charge is 0.370 e. The lowest BCUT2D eigenvalue weighted by Gasteiger charge is -2.28. The van der Waals surface area contributed by atoms with Crippen molar-refractivity contribution in [2.24, 2.45) is 4.99 Å². The molecule has 1 aliphatic rings. The molecule has 1 saturated heterocycles. The van der Waals surface area contributed by atoms with Crippen molar-refractivity contribution in [1.29, 1.82) is 0 Å². The van der Waals surface area contributed by atoms with Crippen LogP contribution in [0.2, 0.25) is 0 Å². The highest BCUT2D eigenvalue weighted by molar-refractivity contribution is 14.0. The van der Waals surface area contributed by atoms with Gasteiger partial charge in [0.1, 0.15) is 0 Å². The first kappa shape index (κ1) is 19.4. The van der Waals surface area contributed by atoms with Crippen LogP contribution < -0.4 is 15.5 Å². The molecule has 2 rings (SSSR count). The van der Waals surface area contributed by atoms with Crippen LogP contribution in [0.25, 0.3) is 0 Å². The van der Waals surface area contributed by atoms with E-state index in [0.29, 0.717) is 6.54 Å². The van der Waals surface area contributed by atoms with Gasteiger partial charge in [-0.2, -0.15) is 11.8 Å². The van der Waals surface area contributed by atoms with Crippen molar-refractivity contribution in [2.75, 3.05) is 42.6 Å². The molecule has 1 heterocycles. The van der Waals surface area contributed by atoms with E-state index in [-0.39, 0.29) is 24.0 Å². The lowest BCUT2D eigenvalue weighted by molar-refractivity contribution is 0.838. The topological polar surface area (TPSA) is 39.7 Å². The second-order valence-corrected chi connectivity index (χ2v) is 6.22. The maximum atomic E-state index is 4.59. The molecule has 124 valence electrons. The highest BCUT2D eigenvalue weighted by Crippen LogP contribution is 2.20. The minimum Gasteiger partial charge on any atom is -0.370 e. The van der Waals surface area contributed by atoms with Crippen molar-refractivity contribution in [2.45, 2.75) is 20.4 Å². The van der Waals surface area contributed by atoms with Gasteiger partial charge in [-0.1, -0.05) is 12.1 Å². The van der Waals surface area contributed by atoms with E-state index in [1.807, 2.05) is 11.8 Å². The zero-order valence-electron chi connectivity index (χ0n) is 13.5. The zero-order chi connectivity index (χ0) is 14.9. The third-order valence-electron chi connectivity index (χ3n) is 3.42. The van der Waals surface area contributed by atoms with Crippen LogP contribution in [0.15, 0.2) is 29.3 Å². The fourth-order valence-electron chi connectivity index (χ4n) is 2.31. The Morgan fingerprint density at radius 2 is 1.68 bits per heavy atom. The van der Waals surface area contributed by atoms with E-state index in [1.165, 1.54) is 22.8 Å². The highest BCUT2D eigenvalue weighted by atomic mass is 127. The molecule has 1 aliphatic heterocycles. The van der Waals surface area contributed by atoms with Crippen molar-refractivity contribution in [1.82, 2.24) is 10.6 Å². The van der Waals surface area contributed by atoms with E-state index in [0.717, 1.165) is 32.1 Å². The monoisotopic (exact) mass is 434 g/mol. The van der Waals surface area contributed by atoms with Crippen LogP contribution in [0.5, 0.6) is 0 Å². The molecule has 0 saturated carbocycles. The van der Waals surface area contributed by atoms with Crippen molar-refractivity contribution < 1.29 is 0 Å². The number of halogens is 1. The van der Waals surface area contributed by atoms with Crippen LogP contribution in [0.3, 0.4) is 0 Å². The molecular formula is C16H27IN4S. The van der Waals surface area contributed by atoms with Gasteiger partial charge in [-0.25, -0.2) is 4.99 Å². The minimum absolute atomic E-state index is 0. The van der Waals surface area contributed by atoms with Crippen LogP contribution in [0.1, 0.15) is 19.4 Å². The zero-order valence-corrected chi connectivity index (χ0v) is 16.6. The van der Waals surface area contributed by atoms with Gasteiger partial charge < -0.3 is 15.5 Å². The van der Waals surface area contributed by atoms with Gasteiger partial charge in [0, 0.05) is 43.4 Å². The number of hydrogen-bond donors (Lipinski definition) is 2. The molecule has 0 spiro atoms. The number of hydrogen-bond acceptors (Lipinski definition) is 3. The molecule has 4 nitrogen and oxygen atoms in total. The SMILES string of the molecule is CCNC(=NCc1ccc(N2CCSCC2)cc1)NCC.I. The molecule has 0 bridgehead atoms. The summed E-state index contributed by atoms with van der Waals surface area (Å²) in [6, 6.07) is 8.83. The Labute approximate surface area is 155 Å². The molecular weight excluding hydrogens is 407 g/mol. The third-order valence-corrected chi connectivity index (χ3v) is 4.36. The summed E-state index contributed by atoms with van der Waals surface area (Å²) in [5.41, 5.74) is 2.58. The Hall–Kier alpha value is -0.630. The van der Waals surface area contributed by atoms with E-state index in [2.05, 4.69) is 58.6 Å². The quantitative estimate of drug-likeness (QED) is 0.425. The summed E-state index contributed by atoms with van der Waals surface area (Å²) in [5.74, 6) is 3.36. The lowest BCUT2D eigenvalue weighted by Crippen LogP contribution is -2.36. The maximum absolute atomic E-state index is 4.59. The molecule has 0 aromatic heterocycles. The number of nitrogens with zero attached hydrogens (tertiary/aromatic N) is 2. The fourth-order valence-corrected chi connectivity index (χ4v) is 3.22. The van der Waals surface area contributed by atoms with Crippen LogP contribution in [-0.2, 0) is 6.54 Å². The predicted molar refractivity (Wildman–Crippen MR) is 110 cm³/mol. The summed E-state index contributed by atoms with van der Waals surface area (Å²) >= 11 is 2.04. The number of guanidine groups is 1. The second kappa shape index (κ2) is 11.0. The van der Waals surface area contributed by atoms with Crippen molar-refractivity contribution in [3.05, 3.63) is 29.8 Å². The number of nitrogens with one attached hydrogen (secondary N) is 2. The normalized spacial score (nSPS) is 14.0. The number of aliphatic imine (C=N–C) groups is 1. The number of benzene rings is 1. The molecule has 0 aliphatic carbocycles. The van der Waals surface area contributed by atoms with Crippen LogP contribution >= 0.6 is 35.7 Å². The molecule has 0 atom stereocenters. The number of rotatable bonds is 5. The summed E-state index contributed by atoms with van der Waals surface area (Å²) in [5, 5.41) is 6.49. The second-order valence-electron chi connectivity index (χ2n) is 4.99. The average Bonchev–Trinajstić information content (AvgIpc) is 2.54. The van der Waals surface area contributed by atoms with Gasteiger partial charge in [-0.05, 0) is 31.5 Å². The molecule has 1 aromatic rings. The van der Waals surface area contributed by atoms with Crippen LogP contribution in [0.4, 0.5) is 5.69 Å². The van der Waals surface area contributed by atoms with Gasteiger partial charge in [0.25, 0.3) is 0 Å². The molecule has 0 unspecified atom stereocenters. The van der Waals surface area contributed by atoms with E-state index >= 15 is 0 Å². The Morgan fingerprint density at radius 1 is 1.09 bits per heavy atom. The van der Waals surface area contributed by atoms with Gasteiger partial charge in [0.2, 0.25) is 0 Å². The number of thioether (sulfide) groups is 1. The van der Waals surface area contributed by atoms with Crippen molar-refractivity contribution in [3.63, 3.8) is 0 Å². The predicted octanol–water partition coefficient (Wildman–Crippen LogP) is 2.93. The minimum atomic E-state index is 0. The van der Waals surface area contributed by atoms with Gasteiger partial charge in [0.15, 0.2) is 5.96 Å². The Morgan fingerprint density at radius 3 is 2.23 bits per heavy atom.